The van der Waals surface area contributed by atoms with Gasteiger partial charge >= 0.3 is 0 Å². The van der Waals surface area contributed by atoms with Crippen LogP contribution in [0.15, 0.2) is 46.0 Å². The van der Waals surface area contributed by atoms with E-state index < -0.39 is 0 Å². The molecule has 0 aliphatic carbocycles. The van der Waals surface area contributed by atoms with Crippen molar-refractivity contribution in [2.45, 2.75) is 13.0 Å². The van der Waals surface area contributed by atoms with Crippen molar-refractivity contribution in [2.24, 2.45) is 4.99 Å². The molecule has 0 saturated carbocycles. The van der Waals surface area contributed by atoms with Crippen LogP contribution in [0.3, 0.4) is 0 Å². The third kappa shape index (κ3) is 4.92. The van der Waals surface area contributed by atoms with Crippen molar-refractivity contribution in [3.8, 4) is 11.5 Å². The normalized spacial score (nSPS) is 13.7. The zero-order valence-electron chi connectivity index (χ0n) is 14.6. The topological polar surface area (TPSA) is 97.1 Å². The highest BCUT2D eigenvalue weighted by atomic mass is 16.5. The summed E-state index contributed by atoms with van der Waals surface area (Å²) < 4.78 is 16.5. The van der Waals surface area contributed by atoms with Crippen molar-refractivity contribution >= 4 is 17.6 Å². The highest BCUT2D eigenvalue weighted by Crippen LogP contribution is 2.32. The fourth-order valence-electron chi connectivity index (χ4n) is 2.38. The van der Waals surface area contributed by atoms with Crippen LogP contribution in [0.4, 0.5) is 5.69 Å². The molecule has 0 fully saturated rings. The van der Waals surface area contributed by atoms with E-state index in [1.165, 1.54) is 0 Å². The minimum atomic E-state index is -0.164. The Labute approximate surface area is 151 Å². The summed E-state index contributed by atoms with van der Waals surface area (Å²) in [5.74, 6) is 2.44. The monoisotopic (exact) mass is 358 g/mol. The second kappa shape index (κ2) is 8.80. The first-order valence-corrected chi connectivity index (χ1v) is 8.41. The van der Waals surface area contributed by atoms with Crippen LogP contribution >= 0.6 is 0 Å². The second-order valence-electron chi connectivity index (χ2n) is 5.62. The van der Waals surface area contributed by atoms with Crippen LogP contribution in [-0.4, -0.2) is 38.7 Å². The van der Waals surface area contributed by atoms with Gasteiger partial charge in [0.25, 0.3) is 0 Å². The summed E-state index contributed by atoms with van der Waals surface area (Å²) in [4.78, 5) is 16.0. The van der Waals surface area contributed by atoms with Crippen LogP contribution in [0.25, 0.3) is 0 Å². The van der Waals surface area contributed by atoms with Gasteiger partial charge in [-0.1, -0.05) is 0 Å². The molecule has 1 aliphatic heterocycles. The van der Waals surface area contributed by atoms with E-state index in [1.807, 2.05) is 18.2 Å². The van der Waals surface area contributed by atoms with E-state index in [9.17, 15) is 4.79 Å². The maximum atomic E-state index is 11.9. The molecule has 138 valence electrons. The van der Waals surface area contributed by atoms with Gasteiger partial charge in [0.05, 0.1) is 32.6 Å². The van der Waals surface area contributed by atoms with Crippen molar-refractivity contribution in [3.05, 3.63) is 42.4 Å². The molecule has 1 amide bonds. The summed E-state index contributed by atoms with van der Waals surface area (Å²) in [6.45, 7) is 1.71. The number of guanidine groups is 1. The lowest BCUT2D eigenvalue weighted by Gasteiger charge is -2.14. The van der Waals surface area contributed by atoms with Gasteiger partial charge in [-0.3, -0.25) is 9.79 Å². The van der Waals surface area contributed by atoms with Crippen LogP contribution in [0, 0.1) is 0 Å². The van der Waals surface area contributed by atoms with Crippen molar-refractivity contribution in [1.82, 2.24) is 10.6 Å². The lowest BCUT2D eigenvalue weighted by atomic mass is 10.3. The zero-order chi connectivity index (χ0) is 18.2. The molecule has 0 unspecified atom stereocenters. The van der Waals surface area contributed by atoms with Gasteiger partial charge in [-0.2, -0.15) is 0 Å². The quantitative estimate of drug-likeness (QED) is 0.556. The van der Waals surface area contributed by atoms with Gasteiger partial charge in [-0.25, -0.2) is 0 Å². The molecule has 26 heavy (non-hydrogen) atoms. The van der Waals surface area contributed by atoms with Crippen LogP contribution < -0.4 is 25.4 Å². The fourth-order valence-corrected chi connectivity index (χ4v) is 2.38. The Morgan fingerprint density at radius 3 is 2.77 bits per heavy atom. The Balaban J connectivity index is 1.50. The second-order valence-corrected chi connectivity index (χ2v) is 5.62. The van der Waals surface area contributed by atoms with Gasteiger partial charge in [-0.05, 0) is 24.3 Å². The summed E-state index contributed by atoms with van der Waals surface area (Å²) in [5.41, 5.74) is 0.790. The summed E-state index contributed by atoms with van der Waals surface area (Å²) in [6, 6.07) is 9.16. The van der Waals surface area contributed by atoms with E-state index in [0.29, 0.717) is 37.2 Å². The van der Waals surface area contributed by atoms with E-state index in [4.69, 9.17) is 13.9 Å². The number of ether oxygens (including phenoxy) is 2. The number of rotatable bonds is 5. The molecule has 2 aromatic rings. The van der Waals surface area contributed by atoms with E-state index in [2.05, 4.69) is 20.9 Å². The zero-order valence-corrected chi connectivity index (χ0v) is 14.6. The van der Waals surface area contributed by atoms with E-state index in [1.54, 1.807) is 25.4 Å². The Hall–Kier alpha value is -3.16. The third-order valence-corrected chi connectivity index (χ3v) is 3.69. The smallest absolute Gasteiger partial charge is 0.239 e. The molecule has 1 aromatic heterocycles. The first kappa shape index (κ1) is 17.7. The number of hydrogen-bond acceptors (Lipinski definition) is 5. The number of anilines is 1. The van der Waals surface area contributed by atoms with Crippen LogP contribution in [-0.2, 0) is 11.3 Å². The van der Waals surface area contributed by atoms with Crippen LogP contribution in [0.2, 0.25) is 0 Å². The molecule has 0 atom stereocenters. The Morgan fingerprint density at radius 2 is 2.00 bits per heavy atom. The first-order chi connectivity index (χ1) is 12.7. The van der Waals surface area contributed by atoms with Gasteiger partial charge in [0.15, 0.2) is 17.5 Å². The molecule has 0 spiro atoms. The van der Waals surface area contributed by atoms with Gasteiger partial charge < -0.3 is 29.8 Å². The Kier molecular flexibility index (Phi) is 5.97. The van der Waals surface area contributed by atoms with Crippen molar-refractivity contribution in [3.63, 3.8) is 0 Å². The molecule has 0 saturated heterocycles. The number of benzene rings is 1. The van der Waals surface area contributed by atoms with Gasteiger partial charge in [-0.15, -0.1) is 0 Å². The minimum Gasteiger partial charge on any atom is -0.490 e. The molecular formula is C18H22N4O4. The fraction of sp³-hybridized carbons (Fsp3) is 0.333. The number of aliphatic imine (C=N–C) groups is 1. The third-order valence-electron chi connectivity index (χ3n) is 3.69. The van der Waals surface area contributed by atoms with Crippen LogP contribution in [0.5, 0.6) is 11.5 Å². The molecule has 8 heteroatoms. The van der Waals surface area contributed by atoms with E-state index in [-0.39, 0.29) is 12.5 Å². The summed E-state index contributed by atoms with van der Waals surface area (Å²) in [5, 5.41) is 8.86. The molecule has 1 aromatic carbocycles. The summed E-state index contributed by atoms with van der Waals surface area (Å²) in [7, 11) is 1.64. The first-order valence-electron chi connectivity index (χ1n) is 8.41. The highest BCUT2D eigenvalue weighted by Gasteiger charge is 2.11. The van der Waals surface area contributed by atoms with E-state index >= 15 is 0 Å². The number of carbonyl (C=O) groups is 1. The predicted molar refractivity (Wildman–Crippen MR) is 97.6 cm³/mol. The largest absolute Gasteiger partial charge is 0.490 e. The summed E-state index contributed by atoms with van der Waals surface area (Å²) >= 11 is 0. The lowest BCUT2D eigenvalue weighted by Crippen LogP contribution is -2.39. The van der Waals surface area contributed by atoms with Crippen molar-refractivity contribution in [1.29, 1.82) is 0 Å². The van der Waals surface area contributed by atoms with Crippen LogP contribution in [0.1, 0.15) is 12.2 Å². The van der Waals surface area contributed by atoms with Crippen molar-refractivity contribution in [2.75, 3.05) is 32.1 Å². The average molecular weight is 358 g/mol. The maximum absolute atomic E-state index is 11.9. The van der Waals surface area contributed by atoms with Gasteiger partial charge in [0.1, 0.15) is 5.76 Å². The molecule has 0 bridgehead atoms. The van der Waals surface area contributed by atoms with Gasteiger partial charge in [0, 0.05) is 25.2 Å². The standard InChI is InChI=1S/C18H22N4O4/c1-19-18(21-12-17(23)20-11-14-4-2-7-24-14)22-13-5-6-15-16(10-13)26-9-3-8-25-15/h2,4-7,10H,3,8-9,11-12H2,1H3,(H,20,23)(H2,19,21,22). The molecule has 8 nitrogen and oxygen atoms in total. The number of furan rings is 1. The number of fused-ring (bicyclic) bond motifs is 1. The van der Waals surface area contributed by atoms with Crippen molar-refractivity contribution < 1.29 is 18.7 Å². The molecule has 3 N–H and O–H groups in total. The SMILES string of the molecule is CN=C(NCC(=O)NCc1ccco1)Nc1ccc2c(c1)OCCCO2. The van der Waals surface area contributed by atoms with Gasteiger partial charge in [0.2, 0.25) is 5.91 Å². The Bertz CT molecular complexity index is 759. The number of amides is 1. The summed E-state index contributed by atoms with van der Waals surface area (Å²) in [6.07, 6.45) is 2.43. The number of hydrogen-bond donors (Lipinski definition) is 3. The minimum absolute atomic E-state index is 0.0882. The van der Waals surface area contributed by atoms with E-state index in [0.717, 1.165) is 17.9 Å². The predicted octanol–water partition coefficient (Wildman–Crippen LogP) is 1.74. The maximum Gasteiger partial charge on any atom is 0.239 e. The number of carbonyl (C=O) groups excluding carboxylic acids is 1. The highest BCUT2D eigenvalue weighted by molar-refractivity contribution is 5.96. The molecule has 1 aliphatic rings. The average Bonchev–Trinajstić information content (AvgIpc) is 3.07. The lowest BCUT2D eigenvalue weighted by molar-refractivity contribution is -0.120. The molecule has 0 radical (unpaired) electrons. The molecular weight excluding hydrogens is 336 g/mol. The molecule has 2 heterocycles. The number of nitrogens with zero attached hydrogens (tertiary/aromatic N) is 1. The molecule has 3 rings (SSSR count). The Morgan fingerprint density at radius 1 is 1.15 bits per heavy atom. The number of nitrogens with one attached hydrogen (secondary N) is 3.